The summed E-state index contributed by atoms with van der Waals surface area (Å²) in [6.45, 7) is 3.58. The zero-order valence-corrected chi connectivity index (χ0v) is 13.6. The first kappa shape index (κ1) is 15.3. The lowest BCUT2D eigenvalue weighted by Gasteiger charge is -2.33. The van der Waals surface area contributed by atoms with Gasteiger partial charge in [-0.25, -0.2) is 8.42 Å². The Bertz CT molecular complexity index is 513. The van der Waals surface area contributed by atoms with Gasteiger partial charge in [-0.1, -0.05) is 27.5 Å². The molecule has 19 heavy (non-hydrogen) atoms. The fraction of sp³-hybridized carbons (Fsp3) is 0.500. The molecule has 0 atom stereocenters. The van der Waals surface area contributed by atoms with Crippen molar-refractivity contribution in [2.24, 2.45) is 0 Å². The summed E-state index contributed by atoms with van der Waals surface area (Å²) >= 11 is 9.18. The molecule has 0 amide bonds. The minimum Gasteiger partial charge on any atom is -0.300 e. The molecular weight excluding hydrogens is 352 g/mol. The van der Waals surface area contributed by atoms with Crippen LogP contribution in [0.5, 0.6) is 0 Å². The van der Waals surface area contributed by atoms with Gasteiger partial charge in [-0.05, 0) is 24.3 Å². The molecule has 106 valence electrons. The maximum absolute atomic E-state index is 12.4. The highest BCUT2D eigenvalue weighted by Gasteiger charge is 2.27. The van der Waals surface area contributed by atoms with Gasteiger partial charge in [-0.3, -0.25) is 4.90 Å². The Morgan fingerprint density at radius 1 is 1.11 bits per heavy atom. The molecule has 2 rings (SSSR count). The van der Waals surface area contributed by atoms with Crippen LogP contribution in [-0.2, 0) is 10.0 Å². The van der Waals surface area contributed by atoms with E-state index in [1.807, 2.05) is 0 Å². The number of benzene rings is 1. The molecule has 4 nitrogen and oxygen atoms in total. The molecule has 0 bridgehead atoms. The SMILES string of the molecule is O=S(=O)(c1ccc(Cl)cc1)N1CCN(CCBr)CC1. The lowest BCUT2D eigenvalue weighted by Crippen LogP contribution is -2.48. The Morgan fingerprint density at radius 3 is 2.21 bits per heavy atom. The second kappa shape index (κ2) is 6.54. The standard InChI is InChI=1S/C12H16BrClN2O2S/c13-5-6-15-7-9-16(10-8-15)19(17,18)12-3-1-11(14)2-4-12/h1-4H,5-10H2. The maximum atomic E-state index is 12.4. The fourth-order valence-corrected chi connectivity index (χ4v) is 4.12. The van der Waals surface area contributed by atoms with E-state index in [1.54, 1.807) is 28.6 Å². The Hall–Kier alpha value is -0.140. The van der Waals surface area contributed by atoms with Crippen LogP contribution in [0.3, 0.4) is 0 Å². The average Bonchev–Trinajstić information content (AvgIpc) is 2.40. The van der Waals surface area contributed by atoms with Crippen molar-refractivity contribution in [1.82, 2.24) is 9.21 Å². The first-order valence-electron chi connectivity index (χ1n) is 6.08. The van der Waals surface area contributed by atoms with Crippen LogP contribution in [0.2, 0.25) is 5.02 Å². The lowest BCUT2D eigenvalue weighted by molar-refractivity contribution is 0.198. The van der Waals surface area contributed by atoms with E-state index in [2.05, 4.69) is 20.8 Å². The molecule has 0 spiro atoms. The molecule has 0 saturated carbocycles. The predicted molar refractivity (Wildman–Crippen MR) is 80.4 cm³/mol. The summed E-state index contributed by atoms with van der Waals surface area (Å²) in [6.07, 6.45) is 0. The first-order chi connectivity index (χ1) is 9.04. The highest BCUT2D eigenvalue weighted by atomic mass is 79.9. The number of halogens is 2. The Balaban J connectivity index is 2.07. The van der Waals surface area contributed by atoms with Crippen molar-refractivity contribution in [3.05, 3.63) is 29.3 Å². The predicted octanol–water partition coefficient (Wildman–Crippen LogP) is 2.04. The van der Waals surface area contributed by atoms with Gasteiger partial charge in [0.15, 0.2) is 0 Å². The normalized spacial score (nSPS) is 18.6. The van der Waals surface area contributed by atoms with Crippen LogP contribution in [0.1, 0.15) is 0 Å². The molecular formula is C12H16BrClN2O2S. The first-order valence-corrected chi connectivity index (χ1v) is 9.02. The monoisotopic (exact) mass is 366 g/mol. The molecule has 1 aromatic rings. The smallest absolute Gasteiger partial charge is 0.243 e. The minimum atomic E-state index is -3.38. The number of hydrogen-bond acceptors (Lipinski definition) is 3. The Morgan fingerprint density at radius 2 is 1.68 bits per heavy atom. The van der Waals surface area contributed by atoms with E-state index in [0.717, 1.165) is 25.0 Å². The van der Waals surface area contributed by atoms with Gasteiger partial charge in [-0.2, -0.15) is 4.31 Å². The number of sulfonamides is 1. The molecule has 0 N–H and O–H groups in total. The largest absolute Gasteiger partial charge is 0.300 e. The summed E-state index contributed by atoms with van der Waals surface area (Å²) in [4.78, 5) is 2.56. The third kappa shape index (κ3) is 3.70. The molecule has 1 aromatic carbocycles. The van der Waals surface area contributed by atoms with Crippen molar-refractivity contribution in [3.8, 4) is 0 Å². The summed E-state index contributed by atoms with van der Waals surface area (Å²) in [5.41, 5.74) is 0. The summed E-state index contributed by atoms with van der Waals surface area (Å²) in [5, 5.41) is 1.46. The molecule has 0 aliphatic carbocycles. The van der Waals surface area contributed by atoms with Crippen molar-refractivity contribution < 1.29 is 8.42 Å². The number of hydrogen-bond donors (Lipinski definition) is 0. The Labute approximate surface area is 127 Å². The third-order valence-corrected chi connectivity index (χ3v) is 5.70. The zero-order chi connectivity index (χ0) is 13.9. The minimum absolute atomic E-state index is 0.311. The molecule has 0 radical (unpaired) electrons. The van der Waals surface area contributed by atoms with Crippen LogP contribution in [0.25, 0.3) is 0 Å². The second-order valence-electron chi connectivity index (χ2n) is 4.39. The molecule has 0 unspecified atom stereocenters. The average molecular weight is 368 g/mol. The van der Waals surface area contributed by atoms with E-state index in [1.165, 1.54) is 0 Å². The topological polar surface area (TPSA) is 40.6 Å². The molecule has 1 aliphatic heterocycles. The van der Waals surface area contributed by atoms with Gasteiger partial charge in [-0.15, -0.1) is 0 Å². The van der Waals surface area contributed by atoms with E-state index in [0.29, 0.717) is 23.0 Å². The quantitative estimate of drug-likeness (QED) is 0.765. The van der Waals surface area contributed by atoms with Crippen LogP contribution < -0.4 is 0 Å². The molecule has 1 fully saturated rings. The third-order valence-electron chi connectivity index (χ3n) is 3.18. The van der Waals surface area contributed by atoms with Gasteiger partial charge in [0.05, 0.1) is 4.90 Å². The zero-order valence-electron chi connectivity index (χ0n) is 10.4. The van der Waals surface area contributed by atoms with E-state index >= 15 is 0 Å². The van der Waals surface area contributed by atoms with Gasteiger partial charge < -0.3 is 0 Å². The molecule has 1 heterocycles. The van der Waals surface area contributed by atoms with Crippen molar-refractivity contribution in [1.29, 1.82) is 0 Å². The van der Waals surface area contributed by atoms with E-state index < -0.39 is 10.0 Å². The van der Waals surface area contributed by atoms with Crippen molar-refractivity contribution in [3.63, 3.8) is 0 Å². The number of nitrogens with zero attached hydrogens (tertiary/aromatic N) is 2. The molecule has 1 saturated heterocycles. The molecule has 7 heteroatoms. The number of piperazine rings is 1. The summed E-state index contributed by atoms with van der Waals surface area (Å²) < 4.78 is 26.4. The Kier molecular flexibility index (Phi) is 5.25. The van der Waals surface area contributed by atoms with Crippen LogP contribution in [0.15, 0.2) is 29.2 Å². The summed E-state index contributed by atoms with van der Waals surface area (Å²) in [6, 6.07) is 6.33. The van der Waals surface area contributed by atoms with Crippen LogP contribution in [0.4, 0.5) is 0 Å². The van der Waals surface area contributed by atoms with Crippen molar-refractivity contribution in [2.45, 2.75) is 4.90 Å². The summed E-state index contributed by atoms with van der Waals surface area (Å²) in [5.74, 6) is 0. The van der Waals surface area contributed by atoms with Gasteiger partial charge in [0.1, 0.15) is 0 Å². The highest BCUT2D eigenvalue weighted by Crippen LogP contribution is 2.19. The van der Waals surface area contributed by atoms with Crippen LogP contribution >= 0.6 is 27.5 Å². The van der Waals surface area contributed by atoms with E-state index in [9.17, 15) is 8.42 Å². The van der Waals surface area contributed by atoms with E-state index in [-0.39, 0.29) is 0 Å². The molecule has 0 aromatic heterocycles. The van der Waals surface area contributed by atoms with Crippen molar-refractivity contribution >= 4 is 37.6 Å². The maximum Gasteiger partial charge on any atom is 0.243 e. The highest BCUT2D eigenvalue weighted by molar-refractivity contribution is 9.09. The van der Waals surface area contributed by atoms with Crippen molar-refractivity contribution in [2.75, 3.05) is 38.1 Å². The van der Waals surface area contributed by atoms with Gasteiger partial charge in [0.25, 0.3) is 0 Å². The van der Waals surface area contributed by atoms with E-state index in [4.69, 9.17) is 11.6 Å². The van der Waals surface area contributed by atoms with Crippen LogP contribution in [0, 0.1) is 0 Å². The van der Waals surface area contributed by atoms with Gasteiger partial charge in [0.2, 0.25) is 10.0 Å². The van der Waals surface area contributed by atoms with Gasteiger partial charge >= 0.3 is 0 Å². The summed E-state index contributed by atoms with van der Waals surface area (Å²) in [7, 11) is -3.38. The van der Waals surface area contributed by atoms with Gasteiger partial charge in [0, 0.05) is 43.1 Å². The fourth-order valence-electron chi connectivity index (χ4n) is 2.07. The lowest BCUT2D eigenvalue weighted by atomic mass is 10.4. The number of alkyl halides is 1. The molecule has 1 aliphatic rings. The van der Waals surface area contributed by atoms with Crippen LogP contribution in [-0.4, -0.2) is 55.7 Å². The number of rotatable bonds is 4. The second-order valence-corrected chi connectivity index (χ2v) is 7.56.